The highest BCUT2D eigenvalue weighted by atomic mass is 19.2. The van der Waals surface area contributed by atoms with E-state index >= 15 is 0 Å². The summed E-state index contributed by atoms with van der Waals surface area (Å²) < 4.78 is 26.2. The highest BCUT2D eigenvalue weighted by molar-refractivity contribution is 5.86. The van der Waals surface area contributed by atoms with Gasteiger partial charge in [-0.25, -0.2) is 8.78 Å². The van der Waals surface area contributed by atoms with Crippen molar-refractivity contribution in [2.75, 3.05) is 0 Å². The molecular formula is C15H10F2N2O. The average Bonchev–Trinajstić information content (AvgIpc) is 2.41. The Balaban J connectivity index is 2.27. The maximum atomic E-state index is 13.3. The van der Waals surface area contributed by atoms with Crippen molar-refractivity contribution in [2.45, 2.75) is 6.92 Å². The lowest BCUT2D eigenvalue weighted by Gasteiger charge is -2.06. The first-order valence-corrected chi connectivity index (χ1v) is 6.01. The number of aryl methyl sites for hydroxylation is 1. The summed E-state index contributed by atoms with van der Waals surface area (Å²) in [5.74, 6) is -1.82. The van der Waals surface area contributed by atoms with E-state index in [0.717, 1.165) is 12.1 Å². The van der Waals surface area contributed by atoms with Crippen molar-refractivity contribution in [3.63, 3.8) is 0 Å². The number of benzene rings is 1. The minimum absolute atomic E-state index is 0.218. The van der Waals surface area contributed by atoms with Crippen molar-refractivity contribution in [1.82, 2.24) is 9.97 Å². The Morgan fingerprint density at radius 1 is 1.10 bits per heavy atom. The second-order valence-electron chi connectivity index (χ2n) is 4.49. The Bertz CT molecular complexity index is 871. The Morgan fingerprint density at radius 2 is 1.90 bits per heavy atom. The van der Waals surface area contributed by atoms with Crippen LogP contribution in [-0.2, 0) is 0 Å². The number of hydrogen-bond acceptors (Lipinski definition) is 2. The normalized spacial score (nSPS) is 10.9. The molecule has 0 saturated heterocycles. The molecular weight excluding hydrogens is 262 g/mol. The molecule has 1 N–H and O–H groups in total. The van der Waals surface area contributed by atoms with Gasteiger partial charge < -0.3 is 4.98 Å². The number of pyridine rings is 2. The van der Waals surface area contributed by atoms with Crippen molar-refractivity contribution in [1.29, 1.82) is 0 Å². The lowest BCUT2D eigenvalue weighted by molar-refractivity contribution is 0.509. The highest BCUT2D eigenvalue weighted by Crippen LogP contribution is 2.23. The van der Waals surface area contributed by atoms with E-state index in [2.05, 4.69) is 9.97 Å². The Morgan fingerprint density at radius 3 is 2.65 bits per heavy atom. The van der Waals surface area contributed by atoms with Crippen molar-refractivity contribution < 1.29 is 8.78 Å². The van der Waals surface area contributed by atoms with Crippen molar-refractivity contribution in [3.8, 4) is 11.3 Å². The van der Waals surface area contributed by atoms with Gasteiger partial charge in [0.25, 0.3) is 5.56 Å². The molecule has 3 rings (SSSR count). The molecule has 5 heteroatoms. The summed E-state index contributed by atoms with van der Waals surface area (Å²) in [6, 6.07) is 7.04. The van der Waals surface area contributed by atoms with E-state index in [1.54, 1.807) is 25.3 Å². The molecule has 0 atom stereocenters. The predicted molar refractivity (Wildman–Crippen MR) is 72.5 cm³/mol. The zero-order valence-electron chi connectivity index (χ0n) is 10.6. The number of aromatic nitrogens is 2. The lowest BCUT2D eigenvalue weighted by atomic mass is 10.1. The molecule has 3 aromatic rings. The number of fused-ring (bicyclic) bond motifs is 1. The molecule has 20 heavy (non-hydrogen) atoms. The molecule has 0 unspecified atom stereocenters. The van der Waals surface area contributed by atoms with Crippen LogP contribution in [0.25, 0.3) is 22.0 Å². The van der Waals surface area contributed by atoms with Gasteiger partial charge in [-0.2, -0.15) is 0 Å². The van der Waals surface area contributed by atoms with Crippen molar-refractivity contribution in [3.05, 3.63) is 64.2 Å². The van der Waals surface area contributed by atoms with Crippen molar-refractivity contribution >= 4 is 10.8 Å². The molecule has 0 radical (unpaired) electrons. The van der Waals surface area contributed by atoms with Crippen LogP contribution in [0.3, 0.4) is 0 Å². The number of rotatable bonds is 1. The zero-order chi connectivity index (χ0) is 14.3. The van der Waals surface area contributed by atoms with Gasteiger partial charge in [-0.05, 0) is 42.6 Å². The Labute approximate surface area is 112 Å². The number of halogens is 2. The zero-order valence-corrected chi connectivity index (χ0v) is 10.6. The predicted octanol–water partition coefficient (Wildman–Crippen LogP) is 3.18. The monoisotopic (exact) mass is 272 g/mol. The second kappa shape index (κ2) is 4.52. The van der Waals surface area contributed by atoms with Crippen LogP contribution in [0.1, 0.15) is 5.69 Å². The third kappa shape index (κ3) is 1.97. The molecule has 0 bridgehead atoms. The van der Waals surface area contributed by atoms with Gasteiger partial charge in [-0.3, -0.25) is 9.78 Å². The minimum Gasteiger partial charge on any atom is -0.329 e. The second-order valence-corrected chi connectivity index (χ2v) is 4.49. The molecule has 1 aromatic carbocycles. The SMILES string of the molecule is Cc1nc(-c2ccc(F)c(F)c2)cc2cc[nH]c(=O)c12. The molecule has 0 aliphatic rings. The summed E-state index contributed by atoms with van der Waals surface area (Å²) in [6.45, 7) is 1.71. The van der Waals surface area contributed by atoms with Gasteiger partial charge in [0.1, 0.15) is 0 Å². The van der Waals surface area contributed by atoms with E-state index < -0.39 is 11.6 Å². The summed E-state index contributed by atoms with van der Waals surface area (Å²) in [6.07, 6.45) is 1.54. The van der Waals surface area contributed by atoms with Crippen LogP contribution in [0.5, 0.6) is 0 Å². The van der Waals surface area contributed by atoms with Crippen LogP contribution in [0.2, 0.25) is 0 Å². The number of nitrogens with one attached hydrogen (secondary N) is 1. The fourth-order valence-corrected chi connectivity index (χ4v) is 2.21. The number of hydrogen-bond donors (Lipinski definition) is 1. The minimum atomic E-state index is -0.923. The smallest absolute Gasteiger partial charge is 0.257 e. The Kier molecular flexibility index (Phi) is 2.82. The number of H-pyrrole nitrogens is 1. The van der Waals surface area contributed by atoms with E-state index in [0.29, 0.717) is 27.7 Å². The first kappa shape index (κ1) is 12.5. The maximum absolute atomic E-state index is 13.3. The molecule has 0 amide bonds. The maximum Gasteiger partial charge on any atom is 0.257 e. The van der Waals surface area contributed by atoms with E-state index in [1.807, 2.05) is 0 Å². The van der Waals surface area contributed by atoms with Crippen LogP contribution in [0.15, 0.2) is 41.3 Å². The van der Waals surface area contributed by atoms with Gasteiger partial charge in [0.05, 0.1) is 16.8 Å². The molecule has 2 aromatic heterocycles. The van der Waals surface area contributed by atoms with Crippen molar-refractivity contribution in [2.24, 2.45) is 0 Å². The first-order valence-electron chi connectivity index (χ1n) is 6.01. The summed E-state index contributed by atoms with van der Waals surface area (Å²) in [4.78, 5) is 18.6. The van der Waals surface area contributed by atoms with Gasteiger partial charge in [-0.1, -0.05) is 0 Å². The third-order valence-electron chi connectivity index (χ3n) is 3.15. The van der Waals surface area contributed by atoms with E-state index in [9.17, 15) is 13.6 Å². The Hall–Kier alpha value is -2.56. The topological polar surface area (TPSA) is 45.8 Å². The largest absolute Gasteiger partial charge is 0.329 e. The van der Waals surface area contributed by atoms with E-state index in [-0.39, 0.29) is 5.56 Å². The molecule has 0 fully saturated rings. The van der Waals surface area contributed by atoms with Crippen LogP contribution in [-0.4, -0.2) is 9.97 Å². The molecule has 3 nitrogen and oxygen atoms in total. The lowest BCUT2D eigenvalue weighted by Crippen LogP contribution is -2.07. The van der Waals surface area contributed by atoms with E-state index in [4.69, 9.17) is 0 Å². The highest BCUT2D eigenvalue weighted by Gasteiger charge is 2.09. The quantitative estimate of drug-likeness (QED) is 0.739. The van der Waals surface area contributed by atoms with Gasteiger partial charge in [0.15, 0.2) is 11.6 Å². The van der Waals surface area contributed by atoms with Gasteiger partial charge >= 0.3 is 0 Å². The van der Waals surface area contributed by atoms with Gasteiger partial charge in [0.2, 0.25) is 0 Å². The van der Waals surface area contributed by atoms with Crippen LogP contribution < -0.4 is 5.56 Å². The van der Waals surface area contributed by atoms with Gasteiger partial charge in [0, 0.05) is 11.8 Å². The summed E-state index contributed by atoms with van der Waals surface area (Å²) >= 11 is 0. The molecule has 2 heterocycles. The standard InChI is InChI=1S/C15H10F2N2O/c1-8-14-10(4-5-18-15(14)20)7-13(19-8)9-2-3-11(16)12(17)6-9/h2-7H,1H3,(H,18,20). The summed E-state index contributed by atoms with van der Waals surface area (Å²) in [5, 5.41) is 1.21. The van der Waals surface area contributed by atoms with E-state index in [1.165, 1.54) is 6.07 Å². The molecule has 0 aliphatic heterocycles. The van der Waals surface area contributed by atoms with Crippen LogP contribution in [0, 0.1) is 18.6 Å². The number of nitrogens with zero attached hydrogens (tertiary/aromatic N) is 1. The van der Waals surface area contributed by atoms with Crippen LogP contribution >= 0.6 is 0 Å². The number of aromatic amines is 1. The summed E-state index contributed by atoms with van der Waals surface area (Å²) in [5.41, 5.74) is 1.29. The fraction of sp³-hybridized carbons (Fsp3) is 0.0667. The molecule has 0 spiro atoms. The molecule has 0 aliphatic carbocycles. The first-order chi connectivity index (χ1) is 9.56. The van der Waals surface area contributed by atoms with Gasteiger partial charge in [-0.15, -0.1) is 0 Å². The fourth-order valence-electron chi connectivity index (χ4n) is 2.21. The molecule has 100 valence electrons. The average molecular weight is 272 g/mol. The summed E-state index contributed by atoms with van der Waals surface area (Å²) in [7, 11) is 0. The van der Waals surface area contributed by atoms with Crippen LogP contribution in [0.4, 0.5) is 8.78 Å². The molecule has 0 saturated carbocycles. The third-order valence-corrected chi connectivity index (χ3v) is 3.15.